The molecule has 0 aromatic heterocycles. The summed E-state index contributed by atoms with van der Waals surface area (Å²) in [5.41, 5.74) is 0.746. The topological polar surface area (TPSA) is 17.1 Å². The first-order chi connectivity index (χ1) is 5.70. The minimum absolute atomic E-state index is 0.460. The zero-order valence-corrected chi connectivity index (χ0v) is 9.52. The van der Waals surface area contributed by atoms with Crippen molar-refractivity contribution in [2.75, 3.05) is 6.66 Å². The van der Waals surface area contributed by atoms with Crippen LogP contribution in [0.1, 0.15) is 46.0 Å². The third kappa shape index (κ3) is 6.79. The molecule has 0 aromatic carbocycles. The van der Waals surface area contributed by atoms with Crippen molar-refractivity contribution in [2.24, 2.45) is 0 Å². The molecule has 2 unspecified atom stereocenters. The summed E-state index contributed by atoms with van der Waals surface area (Å²) in [6.45, 7) is 6.57. The van der Waals surface area contributed by atoms with Crippen molar-refractivity contribution in [3.8, 4) is 0 Å². The zero-order chi connectivity index (χ0) is 9.40. The molecular formula is C10H21OP. The molecule has 0 saturated heterocycles. The third-order valence-electron chi connectivity index (χ3n) is 2.16. The van der Waals surface area contributed by atoms with Crippen LogP contribution in [0.25, 0.3) is 0 Å². The Balaban J connectivity index is 3.31. The molecule has 0 spiro atoms. The van der Waals surface area contributed by atoms with Gasteiger partial charge in [0, 0.05) is 12.8 Å². The Labute approximate surface area is 78.1 Å². The van der Waals surface area contributed by atoms with Crippen LogP contribution < -0.4 is 0 Å². The highest BCUT2D eigenvalue weighted by Gasteiger charge is 2.04. The first kappa shape index (κ1) is 12.1. The number of carbonyl (C=O) groups is 1. The molecule has 0 fully saturated rings. The lowest BCUT2D eigenvalue weighted by Crippen LogP contribution is -2.02. The summed E-state index contributed by atoms with van der Waals surface area (Å²) in [4.78, 5) is 11.2. The fourth-order valence-electron chi connectivity index (χ4n) is 1.02. The average Bonchev–Trinajstić information content (AvgIpc) is 2.10. The maximum atomic E-state index is 11.2. The average molecular weight is 188 g/mol. The molecule has 0 radical (unpaired) electrons. The highest BCUT2D eigenvalue weighted by molar-refractivity contribution is 7.37. The Morgan fingerprint density at radius 1 is 1.42 bits per heavy atom. The fraction of sp³-hybridized carbons (Fsp3) is 0.900. The van der Waals surface area contributed by atoms with Gasteiger partial charge >= 0.3 is 0 Å². The smallest absolute Gasteiger partial charge is 0.132 e. The molecule has 0 aliphatic rings. The van der Waals surface area contributed by atoms with E-state index >= 15 is 0 Å². The maximum absolute atomic E-state index is 11.2. The molecule has 72 valence electrons. The van der Waals surface area contributed by atoms with Gasteiger partial charge in [-0.25, -0.2) is 0 Å². The Bertz CT molecular complexity index is 123. The summed E-state index contributed by atoms with van der Waals surface area (Å²) < 4.78 is 0. The monoisotopic (exact) mass is 188 g/mol. The molecule has 0 N–H and O–H groups in total. The van der Waals surface area contributed by atoms with Gasteiger partial charge in [0.05, 0.1) is 0 Å². The van der Waals surface area contributed by atoms with Crippen LogP contribution in [0.5, 0.6) is 0 Å². The van der Waals surface area contributed by atoms with E-state index < -0.39 is 0 Å². The van der Waals surface area contributed by atoms with Crippen molar-refractivity contribution in [1.29, 1.82) is 0 Å². The molecule has 1 nitrogen and oxygen atoms in total. The Kier molecular flexibility index (Phi) is 7.80. The quantitative estimate of drug-likeness (QED) is 0.560. The summed E-state index contributed by atoms with van der Waals surface area (Å²) in [5.74, 6) is 0.460. The molecule has 0 aliphatic heterocycles. The van der Waals surface area contributed by atoms with Gasteiger partial charge in [0.2, 0.25) is 0 Å². The Morgan fingerprint density at radius 2 is 2.08 bits per heavy atom. The summed E-state index contributed by atoms with van der Waals surface area (Å²) in [7, 11) is 0.981. The van der Waals surface area contributed by atoms with E-state index in [-0.39, 0.29) is 0 Å². The van der Waals surface area contributed by atoms with Crippen LogP contribution in [-0.2, 0) is 4.79 Å². The van der Waals surface area contributed by atoms with Crippen LogP contribution in [0.2, 0.25) is 0 Å². The predicted molar refractivity (Wildman–Crippen MR) is 57.5 cm³/mol. The van der Waals surface area contributed by atoms with Crippen molar-refractivity contribution < 1.29 is 4.79 Å². The van der Waals surface area contributed by atoms with E-state index in [2.05, 4.69) is 20.5 Å². The van der Waals surface area contributed by atoms with E-state index in [0.717, 1.165) is 46.3 Å². The molecular weight excluding hydrogens is 167 g/mol. The van der Waals surface area contributed by atoms with Gasteiger partial charge in [-0.2, -0.15) is 0 Å². The van der Waals surface area contributed by atoms with Crippen LogP contribution >= 0.6 is 8.58 Å². The normalized spacial score (nSPS) is 13.9. The first-order valence-corrected chi connectivity index (χ1v) is 6.47. The minimum atomic E-state index is 0.460. The summed E-state index contributed by atoms with van der Waals surface area (Å²) >= 11 is 0. The highest BCUT2D eigenvalue weighted by atomic mass is 31.1. The van der Waals surface area contributed by atoms with E-state index in [1.165, 1.54) is 0 Å². The van der Waals surface area contributed by atoms with Crippen molar-refractivity contribution in [2.45, 2.75) is 51.6 Å². The number of carbonyl (C=O) groups excluding carboxylic acids is 1. The SMILES string of the molecule is CCCCC(=O)CCC(C)PC. The number of hydrogen-bond acceptors (Lipinski definition) is 1. The van der Waals surface area contributed by atoms with Crippen LogP contribution in [0.15, 0.2) is 0 Å². The van der Waals surface area contributed by atoms with Crippen LogP contribution in [0.3, 0.4) is 0 Å². The maximum Gasteiger partial charge on any atom is 0.132 e. The largest absolute Gasteiger partial charge is 0.300 e. The van der Waals surface area contributed by atoms with Crippen molar-refractivity contribution in [3.05, 3.63) is 0 Å². The van der Waals surface area contributed by atoms with Gasteiger partial charge in [-0.15, -0.1) is 8.58 Å². The van der Waals surface area contributed by atoms with E-state index in [1.54, 1.807) is 0 Å². The van der Waals surface area contributed by atoms with Gasteiger partial charge in [-0.05, 0) is 25.2 Å². The predicted octanol–water partition coefficient (Wildman–Crippen LogP) is 3.22. The lowest BCUT2D eigenvalue weighted by atomic mass is 10.1. The van der Waals surface area contributed by atoms with Crippen LogP contribution in [0, 0.1) is 0 Å². The molecule has 0 rings (SSSR count). The highest BCUT2D eigenvalue weighted by Crippen LogP contribution is 2.18. The Hall–Kier alpha value is 0.100. The number of rotatable bonds is 7. The Morgan fingerprint density at radius 3 is 2.58 bits per heavy atom. The second-order valence-electron chi connectivity index (χ2n) is 3.37. The van der Waals surface area contributed by atoms with E-state index in [0.29, 0.717) is 5.78 Å². The fourth-order valence-corrected chi connectivity index (χ4v) is 1.45. The standard InChI is InChI=1S/C10H21OP/c1-4-5-6-10(11)8-7-9(2)12-3/h9,12H,4-8H2,1-3H3. The lowest BCUT2D eigenvalue weighted by Gasteiger charge is -2.06. The van der Waals surface area contributed by atoms with Gasteiger partial charge in [0.25, 0.3) is 0 Å². The molecule has 2 atom stereocenters. The summed E-state index contributed by atoms with van der Waals surface area (Å²) in [6.07, 6.45) is 4.91. The van der Waals surface area contributed by atoms with Gasteiger partial charge in [0.1, 0.15) is 5.78 Å². The second kappa shape index (κ2) is 7.73. The number of Topliss-reactive ketones (excluding diaryl/α,β-unsaturated/α-hetero) is 1. The van der Waals surface area contributed by atoms with Gasteiger partial charge < -0.3 is 0 Å². The van der Waals surface area contributed by atoms with Gasteiger partial charge in [-0.1, -0.05) is 20.3 Å². The van der Waals surface area contributed by atoms with Crippen molar-refractivity contribution in [3.63, 3.8) is 0 Å². The molecule has 0 amide bonds. The van der Waals surface area contributed by atoms with E-state index in [4.69, 9.17) is 0 Å². The first-order valence-electron chi connectivity index (χ1n) is 4.89. The molecule has 0 heterocycles. The molecule has 2 heteroatoms. The third-order valence-corrected chi connectivity index (χ3v) is 3.43. The number of hydrogen-bond donors (Lipinski definition) is 0. The second-order valence-corrected chi connectivity index (χ2v) is 4.93. The van der Waals surface area contributed by atoms with Gasteiger partial charge in [-0.3, -0.25) is 4.79 Å². The van der Waals surface area contributed by atoms with Crippen LogP contribution in [-0.4, -0.2) is 18.1 Å². The molecule has 0 saturated carbocycles. The molecule has 0 aromatic rings. The summed E-state index contributed by atoms with van der Waals surface area (Å²) in [6, 6.07) is 0. The van der Waals surface area contributed by atoms with Crippen LogP contribution in [0.4, 0.5) is 0 Å². The molecule has 0 bridgehead atoms. The van der Waals surface area contributed by atoms with E-state index in [1.807, 2.05) is 0 Å². The zero-order valence-electron chi connectivity index (χ0n) is 8.52. The van der Waals surface area contributed by atoms with Crippen molar-refractivity contribution >= 4 is 14.4 Å². The van der Waals surface area contributed by atoms with Gasteiger partial charge in [0.15, 0.2) is 0 Å². The summed E-state index contributed by atoms with van der Waals surface area (Å²) in [5, 5.41) is 0. The molecule has 12 heavy (non-hydrogen) atoms. The number of unbranched alkanes of at least 4 members (excludes halogenated alkanes) is 1. The molecule has 0 aliphatic carbocycles. The lowest BCUT2D eigenvalue weighted by molar-refractivity contribution is -0.119. The minimum Gasteiger partial charge on any atom is -0.300 e. The van der Waals surface area contributed by atoms with E-state index in [9.17, 15) is 4.79 Å². The van der Waals surface area contributed by atoms with Crippen molar-refractivity contribution in [1.82, 2.24) is 0 Å². The number of ketones is 1.